The van der Waals surface area contributed by atoms with Gasteiger partial charge < -0.3 is 69.5 Å². The number of nitrogens with zero attached hydrogens (tertiary/aromatic N) is 2. The fraction of sp³-hybridized carbons (Fsp3) is 0.532. The number of carboxylic acids is 1. The smallest absolute Gasteiger partial charge is 0.326 e. The second-order valence-corrected chi connectivity index (χ2v) is 17.6. The standard InChI is InChI=1S/C47H70N12O11/c1-6-27(4)38(48)45(68)53-25-37(62)59-21-11-15-35(59)44(67)52-24-36(61)55-32(14-10-20-51-47(49)50)41(64)54-28(5)40(63)56-33(22-29-12-8-7-9-13-29)42(65)57-34(23-30-16-18-31(60)19-17-30)43(66)58-39(26(2)3)46(69)70/h7-9,12-13,16-19,26-28,32-35,38-39,60H,6,10-11,14-15,20-25,48H2,1-5H3,(H,52,67)(H,53,68)(H,54,64)(H,55,61)(H,56,63)(H,57,65)(H,58,66)(H,69,70)(H4,49,50,51)/t27-,28-,32-,33-,34-,35-,38-,39-/m0/s1. The molecule has 1 aliphatic heterocycles. The van der Waals surface area contributed by atoms with Crippen molar-refractivity contribution in [2.24, 2.45) is 34.0 Å². The van der Waals surface area contributed by atoms with Crippen LogP contribution in [0.4, 0.5) is 0 Å². The first kappa shape index (κ1) is 57.0. The van der Waals surface area contributed by atoms with Gasteiger partial charge in [-0.05, 0) is 67.7 Å². The number of aromatic hydroxyl groups is 1. The molecule has 2 aromatic carbocycles. The van der Waals surface area contributed by atoms with E-state index >= 15 is 0 Å². The van der Waals surface area contributed by atoms with Gasteiger partial charge in [-0.2, -0.15) is 0 Å². The Kier molecular flexibility index (Phi) is 23.0. The lowest BCUT2D eigenvalue weighted by Crippen LogP contribution is -2.59. The van der Waals surface area contributed by atoms with Crippen LogP contribution in [0.5, 0.6) is 5.75 Å². The highest BCUT2D eigenvalue weighted by Gasteiger charge is 2.36. The minimum absolute atomic E-state index is 0.0168. The SMILES string of the molecule is CC[C@H](C)[C@H](N)C(=O)NCC(=O)N1CCC[C@H]1C(=O)NCC(=O)N[C@@H](CCCN=C(N)N)C(=O)N[C@@H](C)C(=O)N[C@@H](Cc1ccccc1)C(=O)N[C@@H](Cc1ccc(O)cc1)C(=O)N[C@H](C(=O)O)C(C)C. The van der Waals surface area contributed by atoms with Gasteiger partial charge in [0.2, 0.25) is 47.3 Å². The van der Waals surface area contributed by atoms with Crippen LogP contribution in [0.1, 0.15) is 77.8 Å². The van der Waals surface area contributed by atoms with Crippen LogP contribution in [0.25, 0.3) is 0 Å². The molecule has 0 saturated carbocycles. The summed E-state index contributed by atoms with van der Waals surface area (Å²) in [4.78, 5) is 125. The van der Waals surface area contributed by atoms with Crippen molar-refractivity contribution in [1.29, 1.82) is 0 Å². The molecule has 0 aromatic heterocycles. The van der Waals surface area contributed by atoms with Crippen LogP contribution >= 0.6 is 0 Å². The number of hydrogen-bond donors (Lipinski definition) is 12. The molecule has 1 heterocycles. The molecule has 3 rings (SSSR count). The summed E-state index contributed by atoms with van der Waals surface area (Å²) in [6, 6.07) is 6.22. The Bertz CT molecular complexity index is 2150. The Balaban J connectivity index is 1.74. The van der Waals surface area contributed by atoms with Crippen LogP contribution in [-0.2, 0) is 56.0 Å². The van der Waals surface area contributed by atoms with E-state index in [1.54, 1.807) is 44.2 Å². The third-order valence-corrected chi connectivity index (χ3v) is 11.8. The van der Waals surface area contributed by atoms with Gasteiger partial charge in [0.15, 0.2) is 5.96 Å². The van der Waals surface area contributed by atoms with Crippen LogP contribution in [-0.4, -0.2) is 143 Å². The molecule has 0 unspecified atom stereocenters. The average molecular weight is 979 g/mol. The molecule has 1 saturated heterocycles. The fourth-order valence-electron chi connectivity index (χ4n) is 7.39. The number of hydrogen-bond acceptors (Lipinski definition) is 12. The monoisotopic (exact) mass is 979 g/mol. The van der Waals surface area contributed by atoms with Crippen molar-refractivity contribution in [2.75, 3.05) is 26.2 Å². The first-order valence-electron chi connectivity index (χ1n) is 23.3. The van der Waals surface area contributed by atoms with Crippen LogP contribution < -0.4 is 54.4 Å². The molecule has 8 amide bonds. The van der Waals surface area contributed by atoms with E-state index in [1.165, 1.54) is 36.1 Å². The number of rotatable bonds is 27. The largest absolute Gasteiger partial charge is 0.508 e. The highest BCUT2D eigenvalue weighted by atomic mass is 16.4. The molecule has 0 bridgehead atoms. The maximum Gasteiger partial charge on any atom is 0.326 e. The summed E-state index contributed by atoms with van der Waals surface area (Å²) in [7, 11) is 0. The van der Waals surface area contributed by atoms with Gasteiger partial charge in [0.05, 0.1) is 19.1 Å². The molecule has 384 valence electrons. The normalized spacial score (nSPS) is 16.2. The highest BCUT2D eigenvalue weighted by molar-refractivity contribution is 5.97. The summed E-state index contributed by atoms with van der Waals surface area (Å²) in [5, 5.41) is 37.5. The Morgan fingerprint density at radius 2 is 1.31 bits per heavy atom. The van der Waals surface area contributed by atoms with E-state index in [0.717, 1.165) is 0 Å². The number of nitrogens with two attached hydrogens (primary N) is 3. The van der Waals surface area contributed by atoms with E-state index in [9.17, 15) is 53.4 Å². The molecule has 0 radical (unpaired) electrons. The fourth-order valence-corrected chi connectivity index (χ4v) is 7.39. The van der Waals surface area contributed by atoms with Crippen molar-refractivity contribution in [3.63, 3.8) is 0 Å². The number of benzene rings is 2. The average Bonchev–Trinajstić information content (AvgIpc) is 3.82. The van der Waals surface area contributed by atoms with E-state index in [-0.39, 0.29) is 62.9 Å². The van der Waals surface area contributed by atoms with Gasteiger partial charge in [0.25, 0.3) is 0 Å². The summed E-state index contributed by atoms with van der Waals surface area (Å²) in [6.07, 6.45) is 1.48. The summed E-state index contributed by atoms with van der Waals surface area (Å²) < 4.78 is 0. The molecule has 23 heteroatoms. The maximum atomic E-state index is 14.1. The van der Waals surface area contributed by atoms with Crippen LogP contribution in [0.2, 0.25) is 0 Å². The third kappa shape index (κ3) is 18.7. The van der Waals surface area contributed by atoms with Gasteiger partial charge in [-0.3, -0.25) is 43.3 Å². The number of nitrogens with one attached hydrogen (secondary N) is 7. The lowest BCUT2D eigenvalue weighted by atomic mass is 9.99. The van der Waals surface area contributed by atoms with E-state index < -0.39 is 108 Å². The number of guanidine groups is 1. The number of carbonyl (C=O) groups is 9. The number of aliphatic carboxylic acids is 1. The molecule has 8 atom stereocenters. The molecule has 0 aliphatic carbocycles. The first-order chi connectivity index (χ1) is 33.1. The predicted octanol–water partition coefficient (Wildman–Crippen LogP) is -1.99. The molecule has 1 fully saturated rings. The summed E-state index contributed by atoms with van der Waals surface area (Å²) in [6.45, 7) is 7.67. The molecule has 23 nitrogen and oxygen atoms in total. The molecular weight excluding hydrogens is 909 g/mol. The minimum Gasteiger partial charge on any atom is -0.508 e. The molecule has 0 spiro atoms. The summed E-state index contributed by atoms with van der Waals surface area (Å²) >= 11 is 0. The number of likely N-dealkylation sites (tertiary alicyclic amines) is 1. The molecule has 1 aliphatic rings. The summed E-state index contributed by atoms with van der Waals surface area (Å²) in [5.74, 6) is -7.76. The Morgan fingerprint density at radius 3 is 1.90 bits per heavy atom. The minimum atomic E-state index is -1.34. The number of phenolic OH excluding ortho intramolecular Hbond substituents is 1. The van der Waals surface area contributed by atoms with Gasteiger partial charge in [0.1, 0.15) is 42.0 Å². The lowest BCUT2D eigenvalue weighted by molar-refractivity contribution is -0.143. The van der Waals surface area contributed by atoms with Crippen molar-refractivity contribution in [3.8, 4) is 5.75 Å². The zero-order valence-corrected chi connectivity index (χ0v) is 40.4. The topological polar surface area (TPSA) is 372 Å². The Morgan fingerprint density at radius 1 is 0.729 bits per heavy atom. The first-order valence-corrected chi connectivity index (χ1v) is 23.3. The second kappa shape index (κ2) is 28.3. The molecule has 70 heavy (non-hydrogen) atoms. The summed E-state index contributed by atoms with van der Waals surface area (Å²) in [5.41, 5.74) is 18.0. The van der Waals surface area contributed by atoms with E-state index in [0.29, 0.717) is 30.4 Å². The molecule has 2 aromatic rings. The van der Waals surface area contributed by atoms with Gasteiger partial charge in [-0.25, -0.2) is 4.79 Å². The van der Waals surface area contributed by atoms with Crippen molar-refractivity contribution < 1.29 is 53.4 Å². The highest BCUT2D eigenvalue weighted by Crippen LogP contribution is 2.18. The molecular formula is C47H70N12O11. The number of amides is 8. The van der Waals surface area contributed by atoms with Gasteiger partial charge in [-0.15, -0.1) is 0 Å². The maximum absolute atomic E-state index is 14.1. The number of carboxylic acid groups (broad SMARTS) is 1. The van der Waals surface area contributed by atoms with Crippen LogP contribution in [0, 0.1) is 11.8 Å². The zero-order valence-electron chi connectivity index (χ0n) is 40.4. The van der Waals surface area contributed by atoms with Gasteiger partial charge >= 0.3 is 5.97 Å². The van der Waals surface area contributed by atoms with Crippen LogP contribution in [0.3, 0.4) is 0 Å². The van der Waals surface area contributed by atoms with E-state index in [4.69, 9.17) is 17.2 Å². The molecule has 15 N–H and O–H groups in total. The van der Waals surface area contributed by atoms with E-state index in [1.807, 2.05) is 13.8 Å². The van der Waals surface area contributed by atoms with E-state index in [2.05, 4.69) is 42.2 Å². The Hall–Kier alpha value is -7.30. The third-order valence-electron chi connectivity index (χ3n) is 11.8. The van der Waals surface area contributed by atoms with Crippen LogP contribution in [0.15, 0.2) is 59.6 Å². The predicted molar refractivity (Wildman–Crippen MR) is 258 cm³/mol. The Labute approximate surface area is 407 Å². The van der Waals surface area contributed by atoms with Crippen molar-refractivity contribution in [1.82, 2.24) is 42.1 Å². The van der Waals surface area contributed by atoms with Crippen molar-refractivity contribution >= 4 is 59.2 Å². The van der Waals surface area contributed by atoms with Gasteiger partial charge in [0, 0.05) is 25.9 Å². The zero-order chi connectivity index (χ0) is 52.1. The number of aliphatic imine (C=N–C) groups is 1. The number of phenols is 1. The number of carbonyl (C=O) groups excluding carboxylic acids is 8. The lowest BCUT2D eigenvalue weighted by Gasteiger charge is -2.27. The van der Waals surface area contributed by atoms with Gasteiger partial charge in [-0.1, -0.05) is 76.6 Å². The van der Waals surface area contributed by atoms with Crippen molar-refractivity contribution in [2.45, 2.75) is 122 Å². The van der Waals surface area contributed by atoms with Crippen molar-refractivity contribution in [3.05, 3.63) is 65.7 Å². The second-order valence-electron chi connectivity index (χ2n) is 17.6. The quantitative estimate of drug-likeness (QED) is 0.0262.